The SMILES string of the molecule is CC(=CCNCCN(C)C)c1ccccc1-c1ccccc1. The monoisotopic (exact) mass is 294 g/mol. The highest BCUT2D eigenvalue weighted by atomic mass is 15.1. The van der Waals surface area contributed by atoms with Crippen LogP contribution in [0.5, 0.6) is 0 Å². The normalized spacial score (nSPS) is 11.9. The van der Waals surface area contributed by atoms with Crippen molar-refractivity contribution in [3.63, 3.8) is 0 Å². The van der Waals surface area contributed by atoms with E-state index in [1.807, 2.05) is 0 Å². The van der Waals surface area contributed by atoms with E-state index in [-0.39, 0.29) is 0 Å². The number of benzene rings is 2. The fourth-order valence-corrected chi connectivity index (χ4v) is 2.44. The van der Waals surface area contributed by atoms with Crippen LogP contribution in [0.15, 0.2) is 60.7 Å². The summed E-state index contributed by atoms with van der Waals surface area (Å²) in [6.45, 7) is 5.17. The molecule has 1 N–H and O–H groups in total. The summed E-state index contributed by atoms with van der Waals surface area (Å²) in [5, 5.41) is 3.46. The number of nitrogens with one attached hydrogen (secondary N) is 1. The van der Waals surface area contributed by atoms with Gasteiger partial charge in [-0.1, -0.05) is 60.7 Å². The number of hydrogen-bond acceptors (Lipinski definition) is 2. The van der Waals surface area contributed by atoms with E-state index < -0.39 is 0 Å². The lowest BCUT2D eigenvalue weighted by atomic mass is 9.95. The molecule has 2 nitrogen and oxygen atoms in total. The second kappa shape index (κ2) is 8.52. The third-order valence-corrected chi connectivity index (χ3v) is 3.73. The largest absolute Gasteiger partial charge is 0.312 e. The van der Waals surface area contributed by atoms with Crippen molar-refractivity contribution in [2.45, 2.75) is 6.92 Å². The summed E-state index contributed by atoms with van der Waals surface area (Å²) < 4.78 is 0. The summed E-state index contributed by atoms with van der Waals surface area (Å²) in [7, 11) is 4.19. The van der Waals surface area contributed by atoms with Crippen molar-refractivity contribution in [3.05, 3.63) is 66.2 Å². The molecule has 0 radical (unpaired) electrons. The fraction of sp³-hybridized carbons (Fsp3) is 0.300. The van der Waals surface area contributed by atoms with Gasteiger partial charge >= 0.3 is 0 Å². The van der Waals surface area contributed by atoms with E-state index >= 15 is 0 Å². The van der Waals surface area contributed by atoms with Gasteiger partial charge in [0.05, 0.1) is 0 Å². The molecule has 0 amide bonds. The molecule has 0 saturated heterocycles. The summed E-state index contributed by atoms with van der Waals surface area (Å²) in [4.78, 5) is 2.19. The first-order valence-corrected chi connectivity index (χ1v) is 7.85. The lowest BCUT2D eigenvalue weighted by molar-refractivity contribution is 0.404. The fourth-order valence-electron chi connectivity index (χ4n) is 2.44. The summed E-state index contributed by atoms with van der Waals surface area (Å²) in [6.07, 6.45) is 2.28. The minimum Gasteiger partial charge on any atom is -0.312 e. The van der Waals surface area contributed by atoms with Crippen LogP contribution in [0.1, 0.15) is 12.5 Å². The zero-order valence-electron chi connectivity index (χ0n) is 13.8. The number of likely N-dealkylation sites (N-methyl/N-ethyl adjacent to an activating group) is 1. The zero-order chi connectivity index (χ0) is 15.8. The second-order valence-electron chi connectivity index (χ2n) is 5.81. The van der Waals surface area contributed by atoms with Crippen LogP contribution in [-0.4, -0.2) is 38.6 Å². The average molecular weight is 294 g/mol. The lowest BCUT2D eigenvalue weighted by Gasteiger charge is -2.12. The molecule has 0 aliphatic carbocycles. The molecule has 0 aliphatic heterocycles. The van der Waals surface area contributed by atoms with E-state index in [1.54, 1.807) is 0 Å². The first-order chi connectivity index (χ1) is 10.7. The van der Waals surface area contributed by atoms with Crippen molar-refractivity contribution in [2.24, 2.45) is 0 Å². The van der Waals surface area contributed by atoms with Crippen LogP contribution in [0.4, 0.5) is 0 Å². The van der Waals surface area contributed by atoms with E-state index in [0.717, 1.165) is 19.6 Å². The molecule has 0 aliphatic rings. The Bertz CT molecular complexity index is 600. The highest BCUT2D eigenvalue weighted by molar-refractivity contribution is 5.80. The van der Waals surface area contributed by atoms with Crippen LogP contribution in [0.3, 0.4) is 0 Å². The van der Waals surface area contributed by atoms with Crippen molar-refractivity contribution in [1.29, 1.82) is 0 Å². The third kappa shape index (κ3) is 4.83. The molecule has 0 bridgehead atoms. The maximum atomic E-state index is 3.46. The molecule has 0 unspecified atom stereocenters. The van der Waals surface area contributed by atoms with Gasteiger partial charge in [-0.3, -0.25) is 0 Å². The van der Waals surface area contributed by atoms with Gasteiger partial charge in [0.15, 0.2) is 0 Å². The van der Waals surface area contributed by atoms with E-state index in [0.29, 0.717) is 0 Å². The number of nitrogens with zero attached hydrogens (tertiary/aromatic N) is 1. The van der Waals surface area contributed by atoms with E-state index in [4.69, 9.17) is 0 Å². The first-order valence-electron chi connectivity index (χ1n) is 7.85. The molecule has 116 valence electrons. The molecule has 22 heavy (non-hydrogen) atoms. The van der Waals surface area contributed by atoms with Gasteiger partial charge in [0.25, 0.3) is 0 Å². The summed E-state index contributed by atoms with van der Waals surface area (Å²) in [5.41, 5.74) is 5.19. The van der Waals surface area contributed by atoms with Gasteiger partial charge in [-0.15, -0.1) is 0 Å². The van der Waals surface area contributed by atoms with Crippen molar-refractivity contribution in [1.82, 2.24) is 10.2 Å². The number of rotatable bonds is 7. The average Bonchev–Trinajstić information content (AvgIpc) is 2.55. The van der Waals surface area contributed by atoms with Crippen molar-refractivity contribution in [3.8, 4) is 11.1 Å². The zero-order valence-corrected chi connectivity index (χ0v) is 13.8. The molecule has 2 aromatic rings. The highest BCUT2D eigenvalue weighted by Crippen LogP contribution is 2.28. The smallest absolute Gasteiger partial charge is 0.0141 e. The number of hydrogen-bond donors (Lipinski definition) is 1. The standard InChI is InChI=1S/C20H26N2/c1-17(13-14-21-15-16-22(2)3)19-11-7-8-12-20(19)18-9-5-4-6-10-18/h4-13,21H,14-16H2,1-3H3. The lowest BCUT2D eigenvalue weighted by Crippen LogP contribution is -2.26. The van der Waals surface area contributed by atoms with Gasteiger partial charge in [0, 0.05) is 19.6 Å². The second-order valence-corrected chi connectivity index (χ2v) is 5.81. The summed E-state index contributed by atoms with van der Waals surface area (Å²) in [6, 6.07) is 19.2. The van der Waals surface area contributed by atoms with Crippen LogP contribution >= 0.6 is 0 Å². The Morgan fingerprint density at radius 2 is 1.68 bits per heavy atom. The van der Waals surface area contributed by atoms with Gasteiger partial charge < -0.3 is 10.2 Å². The molecular formula is C20H26N2. The van der Waals surface area contributed by atoms with Crippen LogP contribution < -0.4 is 5.32 Å². The van der Waals surface area contributed by atoms with Gasteiger partial charge in [0.2, 0.25) is 0 Å². The predicted octanol–water partition coefficient (Wildman–Crippen LogP) is 3.91. The van der Waals surface area contributed by atoms with Gasteiger partial charge in [-0.2, -0.15) is 0 Å². The third-order valence-electron chi connectivity index (χ3n) is 3.73. The predicted molar refractivity (Wildman–Crippen MR) is 97.0 cm³/mol. The van der Waals surface area contributed by atoms with Crippen LogP contribution in [0, 0.1) is 0 Å². The Labute approximate surface area is 134 Å². The molecule has 0 heterocycles. The van der Waals surface area contributed by atoms with Gasteiger partial charge in [0.1, 0.15) is 0 Å². The molecule has 2 aromatic carbocycles. The minimum atomic E-state index is 0.906. The van der Waals surface area contributed by atoms with Crippen molar-refractivity contribution < 1.29 is 0 Å². The quantitative estimate of drug-likeness (QED) is 0.779. The topological polar surface area (TPSA) is 15.3 Å². The Kier molecular flexibility index (Phi) is 6.38. The Balaban J connectivity index is 2.08. The Morgan fingerprint density at radius 1 is 1.00 bits per heavy atom. The van der Waals surface area contributed by atoms with Crippen molar-refractivity contribution >= 4 is 5.57 Å². The molecule has 0 spiro atoms. The first kappa shape index (κ1) is 16.5. The molecule has 0 atom stereocenters. The van der Waals surface area contributed by atoms with Gasteiger partial charge in [-0.25, -0.2) is 0 Å². The van der Waals surface area contributed by atoms with E-state index in [2.05, 4.69) is 91.9 Å². The van der Waals surface area contributed by atoms with Crippen LogP contribution in [0.25, 0.3) is 16.7 Å². The highest BCUT2D eigenvalue weighted by Gasteiger charge is 2.05. The number of allylic oxidation sites excluding steroid dienone is 1. The molecule has 2 rings (SSSR count). The van der Waals surface area contributed by atoms with Gasteiger partial charge in [-0.05, 0) is 43.3 Å². The molecule has 2 heteroatoms. The van der Waals surface area contributed by atoms with Crippen LogP contribution in [0.2, 0.25) is 0 Å². The minimum absolute atomic E-state index is 0.906. The van der Waals surface area contributed by atoms with E-state index in [9.17, 15) is 0 Å². The van der Waals surface area contributed by atoms with E-state index in [1.165, 1.54) is 22.3 Å². The Morgan fingerprint density at radius 3 is 2.41 bits per heavy atom. The Hall–Kier alpha value is -1.90. The molecule has 0 aromatic heterocycles. The van der Waals surface area contributed by atoms with Crippen LogP contribution in [-0.2, 0) is 0 Å². The summed E-state index contributed by atoms with van der Waals surface area (Å²) in [5.74, 6) is 0. The maximum absolute atomic E-state index is 3.46. The maximum Gasteiger partial charge on any atom is 0.0141 e. The van der Waals surface area contributed by atoms with Crippen molar-refractivity contribution in [2.75, 3.05) is 33.7 Å². The molecular weight excluding hydrogens is 268 g/mol. The molecule has 0 fully saturated rings. The molecule has 0 saturated carbocycles. The summed E-state index contributed by atoms with van der Waals surface area (Å²) >= 11 is 0.